The van der Waals surface area contributed by atoms with Crippen LogP contribution in [0.4, 0.5) is 0 Å². The minimum atomic E-state index is -0.391. The number of nitrogens with zero attached hydrogens (tertiary/aromatic N) is 2. The molecule has 0 aliphatic carbocycles. The minimum absolute atomic E-state index is 0.124. The summed E-state index contributed by atoms with van der Waals surface area (Å²) >= 11 is 0. The van der Waals surface area contributed by atoms with Crippen molar-refractivity contribution in [1.29, 1.82) is 0 Å². The average molecular weight is 543 g/mol. The van der Waals surface area contributed by atoms with Crippen molar-refractivity contribution in [2.45, 2.75) is 33.1 Å². The lowest BCUT2D eigenvalue weighted by Gasteiger charge is -2.21. The summed E-state index contributed by atoms with van der Waals surface area (Å²) in [5.41, 5.74) is 4.12. The molecule has 0 amide bonds. The molecule has 6 heteroatoms. The normalized spacial score (nSPS) is 11.8. The van der Waals surface area contributed by atoms with Gasteiger partial charge in [0.05, 0.1) is 34.3 Å². The van der Waals surface area contributed by atoms with Crippen LogP contribution in [0.25, 0.3) is 49.7 Å². The summed E-state index contributed by atoms with van der Waals surface area (Å²) in [6.45, 7) is 8.26. The molecule has 0 saturated heterocycles. The Balaban J connectivity index is 1.77. The molecule has 6 nitrogen and oxygen atoms in total. The molecule has 0 aliphatic rings. The smallest absolute Gasteiger partial charge is 0.338 e. The summed E-state index contributed by atoms with van der Waals surface area (Å²) in [5.74, 6) is -0.0178. The van der Waals surface area contributed by atoms with E-state index in [0.29, 0.717) is 29.8 Å². The molecule has 0 fully saturated rings. The van der Waals surface area contributed by atoms with Crippen LogP contribution in [-0.2, 0) is 10.2 Å². The monoisotopic (exact) mass is 542 g/mol. The van der Waals surface area contributed by atoms with Crippen LogP contribution >= 0.6 is 0 Å². The maximum absolute atomic E-state index is 12.4. The van der Waals surface area contributed by atoms with Crippen LogP contribution in [0.15, 0.2) is 84.9 Å². The van der Waals surface area contributed by atoms with Crippen molar-refractivity contribution >= 4 is 44.8 Å². The molecule has 0 bridgehead atoms. The van der Waals surface area contributed by atoms with E-state index in [9.17, 15) is 14.7 Å². The Morgan fingerprint density at radius 3 is 2.12 bits per heavy atom. The Kier molecular flexibility index (Phi) is 6.34. The number of esters is 1. The van der Waals surface area contributed by atoms with E-state index < -0.39 is 5.97 Å². The van der Waals surface area contributed by atoms with Gasteiger partial charge in [-0.05, 0) is 65.1 Å². The zero-order chi connectivity index (χ0) is 28.9. The molecule has 204 valence electrons. The Morgan fingerprint density at radius 2 is 1.51 bits per heavy atom. The van der Waals surface area contributed by atoms with Gasteiger partial charge in [0, 0.05) is 16.5 Å². The van der Waals surface area contributed by atoms with Crippen molar-refractivity contribution in [2.24, 2.45) is 0 Å². The maximum Gasteiger partial charge on any atom is 0.338 e. The van der Waals surface area contributed by atoms with Crippen molar-refractivity contribution < 1.29 is 19.4 Å². The van der Waals surface area contributed by atoms with Gasteiger partial charge in [-0.25, -0.2) is 9.78 Å². The summed E-state index contributed by atoms with van der Waals surface area (Å²) in [7, 11) is 0. The summed E-state index contributed by atoms with van der Waals surface area (Å²) in [6, 6.07) is 27.2. The van der Waals surface area contributed by atoms with Gasteiger partial charge in [0.1, 0.15) is 11.6 Å². The van der Waals surface area contributed by atoms with Gasteiger partial charge in [0.15, 0.2) is 6.29 Å². The highest BCUT2D eigenvalue weighted by Gasteiger charge is 2.25. The van der Waals surface area contributed by atoms with E-state index in [1.54, 1.807) is 25.1 Å². The van der Waals surface area contributed by atoms with Crippen LogP contribution in [0.3, 0.4) is 0 Å². The molecule has 1 aromatic heterocycles. The number of imidazole rings is 1. The van der Waals surface area contributed by atoms with Crippen LogP contribution in [-0.4, -0.2) is 33.5 Å². The number of aromatic nitrogens is 2. The number of ether oxygens (including phenoxy) is 1. The van der Waals surface area contributed by atoms with Gasteiger partial charge in [-0.15, -0.1) is 0 Å². The first kappa shape index (κ1) is 26.3. The van der Waals surface area contributed by atoms with E-state index in [-0.39, 0.29) is 16.7 Å². The first-order chi connectivity index (χ1) is 19.7. The predicted molar refractivity (Wildman–Crippen MR) is 163 cm³/mol. The fourth-order valence-corrected chi connectivity index (χ4v) is 5.45. The van der Waals surface area contributed by atoms with E-state index in [1.165, 1.54) is 0 Å². The Hall–Kier alpha value is -4.97. The van der Waals surface area contributed by atoms with Crippen molar-refractivity contribution in [3.05, 3.63) is 102 Å². The molecule has 0 radical (unpaired) electrons. The Morgan fingerprint density at radius 1 is 0.902 bits per heavy atom. The van der Waals surface area contributed by atoms with Crippen LogP contribution in [0.5, 0.6) is 5.75 Å². The molecule has 6 aromatic rings. The lowest BCUT2D eigenvalue weighted by Crippen LogP contribution is -2.12. The third kappa shape index (κ3) is 4.32. The largest absolute Gasteiger partial charge is 0.506 e. The SMILES string of the molecule is CCOC(=O)c1ccc(-n2c(-c3cc(C(C)(C)C)cc(C=O)c3O)nc3c4ccccc4c4ccccc4c32)cc1. The highest BCUT2D eigenvalue weighted by atomic mass is 16.5. The molecule has 1 heterocycles. The number of hydrogen-bond donors (Lipinski definition) is 1. The van der Waals surface area contributed by atoms with Crippen LogP contribution < -0.4 is 0 Å². The third-order valence-electron chi connectivity index (χ3n) is 7.54. The molecular weight excluding hydrogens is 512 g/mol. The molecule has 0 aliphatic heterocycles. The van der Waals surface area contributed by atoms with Crippen LogP contribution in [0, 0.1) is 0 Å². The number of rotatable bonds is 5. The lowest BCUT2D eigenvalue weighted by molar-refractivity contribution is 0.0526. The second-order valence-corrected chi connectivity index (χ2v) is 11.2. The van der Waals surface area contributed by atoms with E-state index in [2.05, 4.69) is 45.0 Å². The minimum Gasteiger partial charge on any atom is -0.506 e. The molecule has 41 heavy (non-hydrogen) atoms. The van der Waals surface area contributed by atoms with E-state index >= 15 is 0 Å². The Labute approximate surface area is 237 Å². The van der Waals surface area contributed by atoms with Crippen molar-refractivity contribution in [1.82, 2.24) is 9.55 Å². The van der Waals surface area contributed by atoms with Gasteiger partial charge < -0.3 is 9.84 Å². The van der Waals surface area contributed by atoms with Gasteiger partial charge in [-0.1, -0.05) is 69.3 Å². The quantitative estimate of drug-likeness (QED) is 0.136. The highest BCUT2D eigenvalue weighted by molar-refractivity contribution is 6.24. The van der Waals surface area contributed by atoms with Crippen LogP contribution in [0.2, 0.25) is 0 Å². The number of carbonyl (C=O) groups is 2. The first-order valence-electron chi connectivity index (χ1n) is 13.7. The maximum atomic E-state index is 12.4. The fourth-order valence-electron chi connectivity index (χ4n) is 5.45. The number of fused-ring (bicyclic) bond motifs is 6. The molecule has 0 saturated carbocycles. The summed E-state index contributed by atoms with van der Waals surface area (Å²) in [4.78, 5) is 29.7. The second kappa shape index (κ2) is 9.89. The fraction of sp³-hybridized carbons (Fsp3) is 0.171. The van der Waals surface area contributed by atoms with Gasteiger partial charge in [-0.2, -0.15) is 0 Å². The highest BCUT2D eigenvalue weighted by Crippen LogP contribution is 2.42. The zero-order valence-electron chi connectivity index (χ0n) is 23.4. The Bertz CT molecular complexity index is 1980. The second-order valence-electron chi connectivity index (χ2n) is 11.2. The standard InChI is InChI=1S/C35H30N2O4/c1-5-41-34(40)21-14-16-24(17-15-21)37-31-28-13-9-7-11-26(28)25-10-6-8-12-27(25)30(31)36-33(37)29-19-23(35(2,3)4)18-22(20-38)32(29)39/h6-20,39H,5H2,1-4H3. The summed E-state index contributed by atoms with van der Waals surface area (Å²) < 4.78 is 7.20. The predicted octanol–water partition coefficient (Wildman–Crippen LogP) is 7.99. The number of phenolic OH excluding ortho intramolecular Hbond substituents is 1. The van der Waals surface area contributed by atoms with Gasteiger partial charge >= 0.3 is 5.97 Å². The van der Waals surface area contributed by atoms with E-state index in [0.717, 1.165) is 43.8 Å². The van der Waals surface area contributed by atoms with Gasteiger partial charge in [-0.3, -0.25) is 9.36 Å². The molecular formula is C35H30N2O4. The third-order valence-corrected chi connectivity index (χ3v) is 7.54. The van der Waals surface area contributed by atoms with E-state index in [4.69, 9.17) is 9.72 Å². The molecule has 0 unspecified atom stereocenters. The first-order valence-corrected chi connectivity index (χ1v) is 13.7. The number of benzene rings is 5. The molecule has 6 rings (SSSR count). The summed E-state index contributed by atoms with van der Waals surface area (Å²) in [5, 5.41) is 15.5. The van der Waals surface area contributed by atoms with Crippen LogP contribution in [0.1, 0.15) is 54.0 Å². The molecule has 1 N–H and O–H groups in total. The molecule has 0 atom stereocenters. The zero-order valence-corrected chi connectivity index (χ0v) is 23.4. The number of carbonyl (C=O) groups excluding carboxylic acids is 2. The van der Waals surface area contributed by atoms with Gasteiger partial charge in [0.25, 0.3) is 0 Å². The van der Waals surface area contributed by atoms with E-state index in [1.807, 2.05) is 47.0 Å². The number of aldehydes is 1. The van der Waals surface area contributed by atoms with Crippen molar-refractivity contribution in [2.75, 3.05) is 6.61 Å². The topological polar surface area (TPSA) is 81.4 Å². The number of hydrogen-bond acceptors (Lipinski definition) is 5. The number of phenols is 1. The molecule has 5 aromatic carbocycles. The average Bonchev–Trinajstić information content (AvgIpc) is 3.38. The summed E-state index contributed by atoms with van der Waals surface area (Å²) in [6.07, 6.45) is 0.681. The molecule has 0 spiro atoms. The van der Waals surface area contributed by atoms with Crippen molar-refractivity contribution in [3.63, 3.8) is 0 Å². The number of aromatic hydroxyl groups is 1. The lowest BCUT2D eigenvalue weighted by atomic mass is 9.84. The van der Waals surface area contributed by atoms with Crippen molar-refractivity contribution in [3.8, 4) is 22.8 Å². The van der Waals surface area contributed by atoms with Gasteiger partial charge in [0.2, 0.25) is 0 Å².